The number of anilines is 1. The van der Waals surface area contributed by atoms with E-state index >= 15 is 0 Å². The van der Waals surface area contributed by atoms with E-state index in [1.807, 2.05) is 0 Å². The molecule has 0 atom stereocenters. The van der Waals surface area contributed by atoms with E-state index in [0.717, 1.165) is 6.07 Å². The van der Waals surface area contributed by atoms with Gasteiger partial charge in [-0.3, -0.25) is 0 Å². The minimum Gasteiger partial charge on any atom is -0.445 e. The summed E-state index contributed by atoms with van der Waals surface area (Å²) in [6.45, 7) is -3.67. The molecular weight excluding hydrogens is 202 g/mol. The highest BCUT2D eigenvalue weighted by Crippen LogP contribution is 2.18. The second kappa shape index (κ2) is 3.89. The average Bonchev–Trinajstić information content (AvgIpc) is 2.09. The first-order chi connectivity index (χ1) is 6.86. The zero-order valence-corrected chi connectivity index (χ0v) is 8.23. The van der Waals surface area contributed by atoms with Gasteiger partial charge in [-0.1, -0.05) is 11.6 Å². The van der Waals surface area contributed by atoms with E-state index in [-0.39, 0.29) is 17.7 Å². The summed E-state index contributed by atoms with van der Waals surface area (Å²) in [4.78, 5) is 0. The summed E-state index contributed by atoms with van der Waals surface area (Å²) in [7, 11) is 0. The molecule has 0 heterocycles. The van der Waals surface area contributed by atoms with Crippen molar-refractivity contribution in [3.8, 4) is 12.3 Å². The summed E-state index contributed by atoms with van der Waals surface area (Å²) in [6.07, 6.45) is 5.20. The maximum absolute atomic E-state index is 12.6. The van der Waals surface area contributed by atoms with Crippen molar-refractivity contribution in [3.05, 3.63) is 23.3 Å². The third-order valence-corrected chi connectivity index (χ3v) is 2.21. The standard InChI is InChI=1S/C10H10BF3N/c1-3-4-8-5-9(11(12,13)14)7(2)10(15)6-8/h1,5-6H,4,15H2,2H3/q-1. The topological polar surface area (TPSA) is 26.0 Å². The summed E-state index contributed by atoms with van der Waals surface area (Å²) in [5.41, 5.74) is 5.47. The van der Waals surface area contributed by atoms with Crippen LogP contribution < -0.4 is 11.2 Å². The number of nitrogens with two attached hydrogens (primary N) is 1. The van der Waals surface area contributed by atoms with Crippen molar-refractivity contribution in [2.24, 2.45) is 0 Å². The lowest BCUT2D eigenvalue weighted by molar-refractivity contribution is 0.500. The fourth-order valence-electron chi connectivity index (χ4n) is 1.38. The molecule has 0 aromatic heterocycles. The van der Waals surface area contributed by atoms with E-state index in [9.17, 15) is 12.9 Å². The normalized spacial score (nSPS) is 11.1. The first-order valence-corrected chi connectivity index (χ1v) is 4.38. The van der Waals surface area contributed by atoms with E-state index in [0.29, 0.717) is 5.56 Å². The molecule has 80 valence electrons. The number of terminal acetylenes is 1. The number of rotatable bonds is 2. The van der Waals surface area contributed by atoms with E-state index in [1.54, 1.807) is 0 Å². The molecule has 0 bridgehead atoms. The van der Waals surface area contributed by atoms with Crippen molar-refractivity contribution in [3.63, 3.8) is 0 Å². The molecule has 0 aliphatic heterocycles. The second-order valence-corrected chi connectivity index (χ2v) is 3.35. The quantitative estimate of drug-likeness (QED) is 0.451. The van der Waals surface area contributed by atoms with Crippen LogP contribution in [0.25, 0.3) is 0 Å². The summed E-state index contributed by atoms with van der Waals surface area (Å²) in [5.74, 6) is 2.29. The number of nitrogen functional groups attached to an aromatic ring is 1. The Balaban J connectivity index is 3.33. The lowest BCUT2D eigenvalue weighted by atomic mass is 9.75. The van der Waals surface area contributed by atoms with Crippen LogP contribution in [0.3, 0.4) is 0 Å². The van der Waals surface area contributed by atoms with Crippen LogP contribution in [-0.4, -0.2) is 6.98 Å². The van der Waals surface area contributed by atoms with Crippen molar-refractivity contribution >= 4 is 18.1 Å². The molecule has 0 aliphatic rings. The van der Waals surface area contributed by atoms with Crippen LogP contribution in [0, 0.1) is 19.3 Å². The largest absolute Gasteiger partial charge is 0.509 e. The van der Waals surface area contributed by atoms with E-state index < -0.39 is 12.4 Å². The molecule has 0 saturated carbocycles. The van der Waals surface area contributed by atoms with Gasteiger partial charge in [-0.25, -0.2) is 0 Å². The number of hydrogen-bond donors (Lipinski definition) is 1. The second-order valence-electron chi connectivity index (χ2n) is 3.35. The van der Waals surface area contributed by atoms with Crippen molar-refractivity contribution in [2.45, 2.75) is 13.3 Å². The summed E-state index contributed by atoms with van der Waals surface area (Å²) >= 11 is 0. The van der Waals surface area contributed by atoms with Crippen molar-refractivity contribution in [2.75, 3.05) is 5.73 Å². The molecule has 15 heavy (non-hydrogen) atoms. The molecule has 1 aromatic rings. The molecular formula is C10H10BF3N-. The first kappa shape index (κ1) is 11.5. The summed E-state index contributed by atoms with van der Waals surface area (Å²) in [5, 5.41) is 0. The van der Waals surface area contributed by atoms with Crippen LogP contribution in [0.5, 0.6) is 0 Å². The lowest BCUT2D eigenvalue weighted by Gasteiger charge is -2.20. The molecule has 0 fully saturated rings. The Morgan fingerprint density at radius 1 is 1.40 bits per heavy atom. The molecule has 0 aliphatic carbocycles. The first-order valence-electron chi connectivity index (χ1n) is 4.38. The zero-order chi connectivity index (χ0) is 11.6. The number of hydrogen-bond acceptors (Lipinski definition) is 1. The maximum atomic E-state index is 12.6. The molecule has 0 saturated heterocycles. The lowest BCUT2D eigenvalue weighted by Crippen LogP contribution is -2.37. The number of benzene rings is 1. The van der Waals surface area contributed by atoms with E-state index in [1.165, 1.54) is 13.0 Å². The van der Waals surface area contributed by atoms with Gasteiger partial charge in [0.05, 0.1) is 0 Å². The van der Waals surface area contributed by atoms with Gasteiger partial charge in [0, 0.05) is 12.1 Å². The monoisotopic (exact) mass is 212 g/mol. The predicted molar refractivity (Wildman–Crippen MR) is 56.8 cm³/mol. The highest BCUT2D eigenvalue weighted by Gasteiger charge is 2.28. The molecule has 1 rings (SSSR count). The average molecular weight is 212 g/mol. The smallest absolute Gasteiger partial charge is 0.445 e. The Bertz CT molecular complexity index is 418. The van der Waals surface area contributed by atoms with Crippen LogP contribution >= 0.6 is 0 Å². The van der Waals surface area contributed by atoms with Crippen LogP contribution in [0.2, 0.25) is 0 Å². The molecule has 0 spiro atoms. The molecule has 1 aromatic carbocycles. The molecule has 0 radical (unpaired) electrons. The van der Waals surface area contributed by atoms with Crippen LogP contribution in [-0.2, 0) is 6.42 Å². The highest BCUT2D eigenvalue weighted by molar-refractivity contribution is 6.74. The Morgan fingerprint density at radius 2 is 2.00 bits per heavy atom. The number of halogens is 3. The predicted octanol–water partition coefficient (Wildman–Crippen LogP) is 1.81. The van der Waals surface area contributed by atoms with Gasteiger partial charge in [0.25, 0.3) is 0 Å². The zero-order valence-electron chi connectivity index (χ0n) is 8.23. The van der Waals surface area contributed by atoms with Gasteiger partial charge < -0.3 is 18.7 Å². The molecule has 5 heteroatoms. The van der Waals surface area contributed by atoms with Crippen LogP contribution in [0.4, 0.5) is 18.6 Å². The molecule has 2 N–H and O–H groups in total. The van der Waals surface area contributed by atoms with E-state index in [2.05, 4.69) is 5.92 Å². The fourth-order valence-corrected chi connectivity index (χ4v) is 1.38. The van der Waals surface area contributed by atoms with Gasteiger partial charge in [-0.15, -0.1) is 17.8 Å². The Hall–Kier alpha value is -1.57. The summed E-state index contributed by atoms with van der Waals surface area (Å²) in [6, 6.07) is 2.56. The van der Waals surface area contributed by atoms with E-state index in [4.69, 9.17) is 12.2 Å². The maximum Gasteiger partial charge on any atom is 0.509 e. The third-order valence-electron chi connectivity index (χ3n) is 2.21. The van der Waals surface area contributed by atoms with Crippen molar-refractivity contribution < 1.29 is 12.9 Å². The van der Waals surface area contributed by atoms with Crippen LogP contribution in [0.15, 0.2) is 12.1 Å². The van der Waals surface area contributed by atoms with Gasteiger partial charge in [-0.05, 0) is 18.6 Å². The Kier molecular flexibility index (Phi) is 2.99. The Morgan fingerprint density at radius 3 is 2.47 bits per heavy atom. The Labute approximate surface area is 86.5 Å². The highest BCUT2D eigenvalue weighted by atomic mass is 19.4. The van der Waals surface area contributed by atoms with Crippen LogP contribution in [0.1, 0.15) is 11.1 Å². The van der Waals surface area contributed by atoms with Gasteiger partial charge in [-0.2, -0.15) is 0 Å². The SMILES string of the molecule is C#CCc1cc(N)c(C)c([B-](F)(F)F)c1. The molecule has 0 unspecified atom stereocenters. The van der Waals surface area contributed by atoms with Gasteiger partial charge in [0.1, 0.15) is 0 Å². The van der Waals surface area contributed by atoms with Crippen molar-refractivity contribution in [1.82, 2.24) is 0 Å². The van der Waals surface area contributed by atoms with Gasteiger partial charge in [0.15, 0.2) is 0 Å². The minimum atomic E-state index is -5.03. The van der Waals surface area contributed by atoms with Gasteiger partial charge >= 0.3 is 6.98 Å². The molecule has 1 nitrogen and oxygen atoms in total. The summed E-state index contributed by atoms with van der Waals surface area (Å²) < 4.78 is 37.8. The minimum absolute atomic E-state index is 0.0725. The molecule has 0 amide bonds. The van der Waals surface area contributed by atoms with Gasteiger partial charge in [0.2, 0.25) is 0 Å². The fraction of sp³-hybridized carbons (Fsp3) is 0.200. The third kappa shape index (κ3) is 2.47. The van der Waals surface area contributed by atoms with Crippen molar-refractivity contribution in [1.29, 1.82) is 0 Å².